The molecule has 0 bridgehead atoms. The molecule has 90 valence electrons. The highest BCUT2D eigenvalue weighted by atomic mass is 15.3. The summed E-state index contributed by atoms with van der Waals surface area (Å²) in [5.74, 6) is 0. The van der Waals surface area contributed by atoms with Crippen LogP contribution in [0.15, 0.2) is 42.7 Å². The van der Waals surface area contributed by atoms with Crippen LogP contribution in [0.1, 0.15) is 25.0 Å². The van der Waals surface area contributed by atoms with Crippen LogP contribution in [0.2, 0.25) is 0 Å². The molecular formula is C14H19N3. The fourth-order valence-corrected chi connectivity index (χ4v) is 1.74. The minimum Gasteiger partial charge on any atom is -0.310 e. The molecule has 0 spiro atoms. The second kappa shape index (κ2) is 5.64. The molecule has 3 heteroatoms. The first kappa shape index (κ1) is 11.9. The van der Waals surface area contributed by atoms with Gasteiger partial charge in [-0.05, 0) is 17.2 Å². The van der Waals surface area contributed by atoms with Gasteiger partial charge >= 0.3 is 0 Å². The van der Waals surface area contributed by atoms with Crippen molar-refractivity contribution >= 4 is 0 Å². The molecule has 0 saturated carbocycles. The van der Waals surface area contributed by atoms with Gasteiger partial charge < -0.3 is 5.32 Å². The standard InChI is InChI=1S/C14H19N3/c1-12(2)15-10-13-5-3-6-14(9-13)11-17-8-4-7-16-17/h3-9,12,15H,10-11H2,1-2H3. The lowest BCUT2D eigenvalue weighted by Gasteiger charge is -2.09. The number of rotatable bonds is 5. The number of aromatic nitrogens is 2. The summed E-state index contributed by atoms with van der Waals surface area (Å²) in [4.78, 5) is 0. The SMILES string of the molecule is CC(C)NCc1cccc(Cn2cccn2)c1. The zero-order chi connectivity index (χ0) is 12.1. The molecule has 0 unspecified atom stereocenters. The third-order valence-electron chi connectivity index (χ3n) is 2.61. The summed E-state index contributed by atoms with van der Waals surface area (Å²) in [6.07, 6.45) is 3.79. The Hall–Kier alpha value is -1.61. The van der Waals surface area contributed by atoms with Crippen molar-refractivity contribution in [2.45, 2.75) is 33.0 Å². The van der Waals surface area contributed by atoms with Gasteiger partial charge in [0.15, 0.2) is 0 Å². The van der Waals surface area contributed by atoms with Crippen molar-refractivity contribution in [1.29, 1.82) is 0 Å². The molecule has 1 aromatic carbocycles. The molecule has 0 aliphatic heterocycles. The second-order valence-corrected chi connectivity index (χ2v) is 4.56. The van der Waals surface area contributed by atoms with Crippen LogP contribution in [0.25, 0.3) is 0 Å². The van der Waals surface area contributed by atoms with Crippen LogP contribution in [0.5, 0.6) is 0 Å². The molecule has 0 fully saturated rings. The van der Waals surface area contributed by atoms with Crippen LogP contribution in [-0.2, 0) is 13.1 Å². The lowest BCUT2D eigenvalue weighted by Crippen LogP contribution is -2.21. The van der Waals surface area contributed by atoms with E-state index in [4.69, 9.17) is 0 Å². The molecule has 0 aliphatic rings. The summed E-state index contributed by atoms with van der Waals surface area (Å²) in [5, 5.41) is 7.64. The quantitative estimate of drug-likeness (QED) is 0.853. The molecule has 1 aromatic heterocycles. The van der Waals surface area contributed by atoms with Gasteiger partial charge in [-0.25, -0.2) is 0 Å². The normalized spacial score (nSPS) is 11.0. The number of hydrogen-bond acceptors (Lipinski definition) is 2. The Labute approximate surface area is 102 Å². The van der Waals surface area contributed by atoms with E-state index >= 15 is 0 Å². The van der Waals surface area contributed by atoms with E-state index in [0.717, 1.165) is 13.1 Å². The molecule has 3 nitrogen and oxygen atoms in total. The molecule has 0 saturated heterocycles. The maximum absolute atomic E-state index is 4.22. The molecule has 0 atom stereocenters. The number of benzene rings is 1. The zero-order valence-corrected chi connectivity index (χ0v) is 10.4. The third kappa shape index (κ3) is 3.71. The average molecular weight is 229 g/mol. The van der Waals surface area contributed by atoms with Gasteiger partial charge in [-0.3, -0.25) is 4.68 Å². The summed E-state index contributed by atoms with van der Waals surface area (Å²) in [6, 6.07) is 11.1. The summed E-state index contributed by atoms with van der Waals surface area (Å²) in [6.45, 7) is 6.08. The predicted octanol–water partition coefficient (Wildman–Crippen LogP) is 2.43. The molecule has 2 rings (SSSR count). The van der Waals surface area contributed by atoms with Crippen molar-refractivity contribution in [2.75, 3.05) is 0 Å². The van der Waals surface area contributed by atoms with E-state index in [2.05, 4.69) is 48.5 Å². The molecule has 0 radical (unpaired) electrons. The minimum atomic E-state index is 0.518. The predicted molar refractivity (Wildman–Crippen MR) is 69.7 cm³/mol. The first-order valence-corrected chi connectivity index (χ1v) is 6.02. The molecule has 2 aromatic rings. The Morgan fingerprint density at radius 3 is 2.76 bits per heavy atom. The maximum atomic E-state index is 4.22. The summed E-state index contributed by atoms with van der Waals surface area (Å²) in [5.41, 5.74) is 2.61. The van der Waals surface area contributed by atoms with E-state index in [1.807, 2.05) is 23.1 Å². The number of nitrogens with zero attached hydrogens (tertiary/aromatic N) is 2. The van der Waals surface area contributed by atoms with Gasteiger partial charge in [-0.1, -0.05) is 38.1 Å². The van der Waals surface area contributed by atoms with Gasteiger partial charge in [0.1, 0.15) is 0 Å². The molecule has 1 heterocycles. The largest absolute Gasteiger partial charge is 0.310 e. The van der Waals surface area contributed by atoms with Crippen molar-refractivity contribution in [3.05, 3.63) is 53.9 Å². The minimum absolute atomic E-state index is 0.518. The zero-order valence-electron chi connectivity index (χ0n) is 10.4. The second-order valence-electron chi connectivity index (χ2n) is 4.56. The topological polar surface area (TPSA) is 29.9 Å². The van der Waals surface area contributed by atoms with E-state index in [9.17, 15) is 0 Å². The maximum Gasteiger partial charge on any atom is 0.0659 e. The molecule has 17 heavy (non-hydrogen) atoms. The lowest BCUT2D eigenvalue weighted by molar-refractivity contribution is 0.588. The Kier molecular flexibility index (Phi) is 3.94. The van der Waals surface area contributed by atoms with Crippen LogP contribution >= 0.6 is 0 Å². The Morgan fingerprint density at radius 2 is 2.06 bits per heavy atom. The van der Waals surface area contributed by atoms with Gasteiger partial charge in [0.05, 0.1) is 6.54 Å². The summed E-state index contributed by atoms with van der Waals surface area (Å²) >= 11 is 0. The highest BCUT2D eigenvalue weighted by molar-refractivity contribution is 5.23. The van der Waals surface area contributed by atoms with Crippen molar-refractivity contribution in [2.24, 2.45) is 0 Å². The fraction of sp³-hybridized carbons (Fsp3) is 0.357. The Balaban J connectivity index is 2.01. The van der Waals surface area contributed by atoms with Crippen LogP contribution < -0.4 is 5.32 Å². The monoisotopic (exact) mass is 229 g/mol. The lowest BCUT2D eigenvalue weighted by atomic mass is 10.1. The Bertz CT molecular complexity index is 446. The van der Waals surface area contributed by atoms with Gasteiger partial charge in [0.2, 0.25) is 0 Å². The smallest absolute Gasteiger partial charge is 0.0659 e. The van der Waals surface area contributed by atoms with E-state index in [1.54, 1.807) is 0 Å². The van der Waals surface area contributed by atoms with E-state index in [1.165, 1.54) is 11.1 Å². The van der Waals surface area contributed by atoms with E-state index in [-0.39, 0.29) is 0 Å². The first-order chi connectivity index (χ1) is 8.24. The average Bonchev–Trinajstić information content (AvgIpc) is 2.80. The summed E-state index contributed by atoms with van der Waals surface area (Å²) < 4.78 is 1.94. The van der Waals surface area contributed by atoms with E-state index in [0.29, 0.717) is 6.04 Å². The molecule has 0 aliphatic carbocycles. The number of nitrogens with one attached hydrogen (secondary N) is 1. The van der Waals surface area contributed by atoms with Gasteiger partial charge in [-0.15, -0.1) is 0 Å². The van der Waals surface area contributed by atoms with Gasteiger partial charge in [-0.2, -0.15) is 5.10 Å². The van der Waals surface area contributed by atoms with Crippen molar-refractivity contribution in [1.82, 2.24) is 15.1 Å². The van der Waals surface area contributed by atoms with Crippen molar-refractivity contribution < 1.29 is 0 Å². The van der Waals surface area contributed by atoms with Crippen LogP contribution in [0, 0.1) is 0 Å². The number of hydrogen-bond donors (Lipinski definition) is 1. The van der Waals surface area contributed by atoms with E-state index < -0.39 is 0 Å². The fourth-order valence-electron chi connectivity index (χ4n) is 1.74. The summed E-state index contributed by atoms with van der Waals surface area (Å²) in [7, 11) is 0. The van der Waals surface area contributed by atoms with Crippen molar-refractivity contribution in [3.63, 3.8) is 0 Å². The highest BCUT2D eigenvalue weighted by Crippen LogP contribution is 2.07. The van der Waals surface area contributed by atoms with Crippen LogP contribution in [0.4, 0.5) is 0 Å². The van der Waals surface area contributed by atoms with Gasteiger partial charge in [0.25, 0.3) is 0 Å². The molecule has 1 N–H and O–H groups in total. The third-order valence-corrected chi connectivity index (χ3v) is 2.61. The molecular weight excluding hydrogens is 210 g/mol. The Morgan fingerprint density at radius 1 is 1.24 bits per heavy atom. The van der Waals surface area contributed by atoms with Gasteiger partial charge in [0, 0.05) is 25.0 Å². The first-order valence-electron chi connectivity index (χ1n) is 6.02. The van der Waals surface area contributed by atoms with Crippen LogP contribution in [0.3, 0.4) is 0 Å². The van der Waals surface area contributed by atoms with Crippen LogP contribution in [-0.4, -0.2) is 15.8 Å². The molecule has 0 amide bonds. The van der Waals surface area contributed by atoms with Crippen molar-refractivity contribution in [3.8, 4) is 0 Å². The highest BCUT2D eigenvalue weighted by Gasteiger charge is 1.99.